The second kappa shape index (κ2) is 6.37. The summed E-state index contributed by atoms with van der Waals surface area (Å²) in [5.41, 5.74) is -0.468. The van der Waals surface area contributed by atoms with E-state index in [1.54, 1.807) is 7.05 Å². The van der Waals surface area contributed by atoms with Crippen LogP contribution in [0.3, 0.4) is 0 Å². The highest BCUT2D eigenvalue weighted by molar-refractivity contribution is 8.00. The smallest absolute Gasteiger partial charge is 0.346 e. The lowest BCUT2D eigenvalue weighted by Crippen LogP contribution is -2.28. The summed E-state index contributed by atoms with van der Waals surface area (Å²) in [5, 5.41) is 9.15. The highest BCUT2D eigenvalue weighted by atomic mass is 32.2. The fourth-order valence-corrected chi connectivity index (χ4v) is 2.35. The van der Waals surface area contributed by atoms with Gasteiger partial charge in [-0.1, -0.05) is 11.8 Å². The number of aromatic nitrogens is 2. The SMILES string of the molecule is CCN(C)C(=O)CSc1nc(=O)[nH]c(C)c1C(=O)O. The summed E-state index contributed by atoms with van der Waals surface area (Å²) in [6.45, 7) is 3.88. The minimum Gasteiger partial charge on any atom is -0.478 e. The van der Waals surface area contributed by atoms with E-state index in [0.717, 1.165) is 11.8 Å². The van der Waals surface area contributed by atoms with E-state index in [0.29, 0.717) is 6.54 Å². The third-order valence-corrected chi connectivity index (χ3v) is 3.49. The minimum absolute atomic E-state index is 0.0422. The second-order valence-electron chi connectivity index (χ2n) is 3.85. The number of carboxylic acids is 1. The molecule has 0 aromatic carbocycles. The van der Waals surface area contributed by atoms with Crippen LogP contribution in [-0.4, -0.2) is 51.2 Å². The molecule has 8 heteroatoms. The number of carbonyl (C=O) groups is 2. The summed E-state index contributed by atoms with van der Waals surface area (Å²) in [5.74, 6) is -1.29. The van der Waals surface area contributed by atoms with Crippen molar-refractivity contribution >= 4 is 23.6 Å². The summed E-state index contributed by atoms with van der Waals surface area (Å²) in [7, 11) is 1.65. The van der Waals surface area contributed by atoms with Crippen molar-refractivity contribution in [1.29, 1.82) is 0 Å². The predicted octanol–water partition coefficient (Wildman–Crippen LogP) is 0.347. The number of aromatic carboxylic acids is 1. The molecule has 1 amide bonds. The first-order chi connectivity index (χ1) is 8.86. The van der Waals surface area contributed by atoms with Gasteiger partial charge in [0.15, 0.2) is 0 Å². The fourth-order valence-electron chi connectivity index (χ4n) is 1.33. The number of H-pyrrole nitrogens is 1. The molecule has 104 valence electrons. The number of nitrogens with zero attached hydrogens (tertiary/aromatic N) is 2. The Morgan fingerprint density at radius 3 is 2.63 bits per heavy atom. The zero-order chi connectivity index (χ0) is 14.6. The highest BCUT2D eigenvalue weighted by Gasteiger charge is 2.18. The first-order valence-electron chi connectivity index (χ1n) is 5.57. The number of carboxylic acid groups (broad SMARTS) is 1. The molecule has 0 unspecified atom stereocenters. The Hall–Kier alpha value is -1.83. The van der Waals surface area contributed by atoms with Gasteiger partial charge in [-0.2, -0.15) is 4.98 Å². The van der Waals surface area contributed by atoms with E-state index in [4.69, 9.17) is 5.11 Å². The monoisotopic (exact) mass is 285 g/mol. The van der Waals surface area contributed by atoms with Crippen molar-refractivity contribution in [2.45, 2.75) is 18.9 Å². The topological polar surface area (TPSA) is 103 Å². The third-order valence-electron chi connectivity index (χ3n) is 2.53. The lowest BCUT2D eigenvalue weighted by Gasteiger charge is -2.14. The summed E-state index contributed by atoms with van der Waals surface area (Å²) in [6.07, 6.45) is 0. The number of thioether (sulfide) groups is 1. The van der Waals surface area contributed by atoms with Crippen molar-refractivity contribution in [3.63, 3.8) is 0 Å². The highest BCUT2D eigenvalue weighted by Crippen LogP contribution is 2.21. The van der Waals surface area contributed by atoms with Crippen molar-refractivity contribution in [3.8, 4) is 0 Å². The van der Waals surface area contributed by atoms with Crippen LogP contribution in [0.1, 0.15) is 23.0 Å². The first-order valence-corrected chi connectivity index (χ1v) is 6.56. The third kappa shape index (κ3) is 3.82. The van der Waals surface area contributed by atoms with Gasteiger partial charge in [-0.25, -0.2) is 9.59 Å². The van der Waals surface area contributed by atoms with Crippen molar-refractivity contribution in [2.24, 2.45) is 0 Å². The van der Waals surface area contributed by atoms with Crippen molar-refractivity contribution in [2.75, 3.05) is 19.3 Å². The number of aryl methyl sites for hydroxylation is 1. The number of amides is 1. The number of rotatable bonds is 5. The van der Waals surface area contributed by atoms with Crippen LogP contribution >= 0.6 is 11.8 Å². The summed E-state index contributed by atoms with van der Waals surface area (Å²) in [6, 6.07) is 0. The van der Waals surface area contributed by atoms with Gasteiger partial charge in [0.25, 0.3) is 0 Å². The maximum absolute atomic E-state index is 11.6. The minimum atomic E-state index is -1.18. The molecule has 0 aliphatic rings. The average molecular weight is 285 g/mol. The number of carbonyl (C=O) groups excluding carboxylic acids is 1. The molecule has 0 aliphatic carbocycles. The van der Waals surface area contributed by atoms with Crippen LogP contribution in [0.15, 0.2) is 9.82 Å². The Labute approximate surface area is 114 Å². The van der Waals surface area contributed by atoms with Crippen LogP contribution in [0.25, 0.3) is 0 Å². The molecule has 0 fully saturated rings. The second-order valence-corrected chi connectivity index (χ2v) is 4.81. The fraction of sp³-hybridized carbons (Fsp3) is 0.455. The molecule has 1 heterocycles. The van der Waals surface area contributed by atoms with Gasteiger partial charge < -0.3 is 15.0 Å². The average Bonchev–Trinajstić information content (AvgIpc) is 2.33. The molecule has 1 aromatic rings. The number of nitrogens with one attached hydrogen (secondary N) is 1. The molecule has 0 bridgehead atoms. The van der Waals surface area contributed by atoms with Crippen LogP contribution in [0, 0.1) is 6.92 Å². The lowest BCUT2D eigenvalue weighted by molar-refractivity contribution is -0.126. The van der Waals surface area contributed by atoms with E-state index in [1.165, 1.54) is 11.8 Å². The maximum Gasteiger partial charge on any atom is 0.346 e. The van der Waals surface area contributed by atoms with E-state index >= 15 is 0 Å². The van der Waals surface area contributed by atoms with Crippen LogP contribution in [0.4, 0.5) is 0 Å². The lowest BCUT2D eigenvalue weighted by atomic mass is 10.2. The van der Waals surface area contributed by atoms with Gasteiger partial charge in [-0.15, -0.1) is 0 Å². The summed E-state index contributed by atoms with van der Waals surface area (Å²) in [4.78, 5) is 41.5. The first kappa shape index (κ1) is 15.2. The van der Waals surface area contributed by atoms with E-state index < -0.39 is 11.7 Å². The quantitative estimate of drug-likeness (QED) is 0.597. The number of hydrogen-bond acceptors (Lipinski definition) is 5. The van der Waals surface area contributed by atoms with Gasteiger partial charge in [-0.05, 0) is 13.8 Å². The molecule has 1 aromatic heterocycles. The molecule has 0 radical (unpaired) electrons. The van der Waals surface area contributed by atoms with E-state index in [-0.39, 0.29) is 27.9 Å². The van der Waals surface area contributed by atoms with Crippen LogP contribution in [-0.2, 0) is 4.79 Å². The molecular weight excluding hydrogens is 270 g/mol. The molecule has 0 spiro atoms. The van der Waals surface area contributed by atoms with Crippen LogP contribution in [0.2, 0.25) is 0 Å². The van der Waals surface area contributed by atoms with Gasteiger partial charge in [0.05, 0.1) is 5.75 Å². The molecule has 0 atom stereocenters. The van der Waals surface area contributed by atoms with Gasteiger partial charge in [0.2, 0.25) is 5.91 Å². The zero-order valence-corrected chi connectivity index (χ0v) is 11.7. The van der Waals surface area contributed by atoms with Gasteiger partial charge in [0, 0.05) is 19.3 Å². The van der Waals surface area contributed by atoms with Gasteiger partial charge in [-0.3, -0.25) is 4.79 Å². The number of hydrogen-bond donors (Lipinski definition) is 2. The molecule has 7 nitrogen and oxygen atoms in total. The zero-order valence-electron chi connectivity index (χ0n) is 10.9. The largest absolute Gasteiger partial charge is 0.478 e. The Kier molecular flexibility index (Phi) is 5.11. The van der Waals surface area contributed by atoms with Crippen molar-refractivity contribution in [1.82, 2.24) is 14.9 Å². The van der Waals surface area contributed by atoms with Gasteiger partial charge in [0.1, 0.15) is 10.6 Å². The van der Waals surface area contributed by atoms with Crippen molar-refractivity contribution < 1.29 is 14.7 Å². The van der Waals surface area contributed by atoms with E-state index in [9.17, 15) is 14.4 Å². The Morgan fingerprint density at radius 1 is 1.47 bits per heavy atom. The Morgan fingerprint density at radius 2 is 2.11 bits per heavy atom. The van der Waals surface area contributed by atoms with E-state index in [1.807, 2.05) is 6.92 Å². The van der Waals surface area contributed by atoms with Crippen molar-refractivity contribution in [3.05, 3.63) is 21.7 Å². The molecule has 0 aliphatic heterocycles. The Balaban J connectivity index is 2.98. The van der Waals surface area contributed by atoms with Gasteiger partial charge >= 0.3 is 11.7 Å². The normalized spacial score (nSPS) is 10.3. The number of aromatic amines is 1. The molecule has 0 saturated heterocycles. The summed E-state index contributed by atoms with van der Waals surface area (Å²) >= 11 is 0.952. The molecule has 2 N–H and O–H groups in total. The van der Waals surface area contributed by atoms with Crippen LogP contribution < -0.4 is 5.69 Å². The predicted molar refractivity (Wildman–Crippen MR) is 70.6 cm³/mol. The van der Waals surface area contributed by atoms with Crippen LogP contribution in [0.5, 0.6) is 0 Å². The molecule has 19 heavy (non-hydrogen) atoms. The Bertz CT molecular complexity index is 555. The van der Waals surface area contributed by atoms with E-state index in [2.05, 4.69) is 9.97 Å². The standard InChI is InChI=1S/C11H15N3O4S/c1-4-14(3)7(15)5-19-9-8(10(16)17)6(2)12-11(18)13-9/h4-5H2,1-3H3,(H,16,17)(H,12,13,18). The summed E-state index contributed by atoms with van der Waals surface area (Å²) < 4.78 is 0. The molecular formula is C11H15N3O4S. The maximum atomic E-state index is 11.6. The molecule has 1 rings (SSSR count). The molecule has 0 saturated carbocycles.